The molecule has 4 heteroatoms. The summed E-state index contributed by atoms with van der Waals surface area (Å²) in [5.74, 6) is 1.66. The molecule has 3 rings (SSSR count). The molecule has 1 fully saturated rings. The van der Waals surface area contributed by atoms with E-state index in [-0.39, 0.29) is 0 Å². The van der Waals surface area contributed by atoms with E-state index in [1.807, 2.05) is 12.1 Å². The van der Waals surface area contributed by atoms with Crippen molar-refractivity contribution >= 4 is 0 Å². The normalized spacial score (nSPS) is 16.0. The minimum absolute atomic E-state index is 0.804. The standard InChI is InChI=1S/C21H28N2O2/c1-17-6-4-7-18(14-17)15-22-10-12-23(13-11-22)16-19-8-5-9-20(24-2)21(19)25-3/h4-9,14H,10-13,15-16H2,1-3H3. The lowest BCUT2D eigenvalue weighted by Crippen LogP contribution is -2.45. The molecule has 1 aliphatic heterocycles. The predicted octanol–water partition coefficient (Wildman–Crippen LogP) is 3.33. The van der Waals surface area contributed by atoms with E-state index in [1.165, 1.54) is 16.7 Å². The van der Waals surface area contributed by atoms with E-state index >= 15 is 0 Å². The van der Waals surface area contributed by atoms with Gasteiger partial charge in [0.15, 0.2) is 11.5 Å². The first kappa shape index (κ1) is 17.8. The Morgan fingerprint density at radius 1 is 0.840 bits per heavy atom. The average molecular weight is 340 g/mol. The first-order valence-electron chi connectivity index (χ1n) is 8.89. The second kappa shape index (κ2) is 8.37. The van der Waals surface area contributed by atoms with Crippen LogP contribution in [0.3, 0.4) is 0 Å². The molecule has 1 heterocycles. The van der Waals surface area contributed by atoms with Gasteiger partial charge in [0, 0.05) is 44.8 Å². The molecule has 1 aliphatic rings. The van der Waals surface area contributed by atoms with Crippen LogP contribution < -0.4 is 9.47 Å². The van der Waals surface area contributed by atoms with Gasteiger partial charge in [-0.1, -0.05) is 42.0 Å². The van der Waals surface area contributed by atoms with Crippen molar-refractivity contribution in [1.29, 1.82) is 0 Å². The Hall–Kier alpha value is -2.04. The SMILES string of the molecule is COc1cccc(CN2CCN(Cc3cccc(C)c3)CC2)c1OC. The molecule has 0 amide bonds. The molecule has 0 aromatic heterocycles. The lowest BCUT2D eigenvalue weighted by atomic mass is 10.1. The molecule has 0 bridgehead atoms. The first-order chi connectivity index (χ1) is 12.2. The third-order valence-corrected chi connectivity index (χ3v) is 4.83. The van der Waals surface area contributed by atoms with Crippen molar-refractivity contribution in [3.05, 3.63) is 59.2 Å². The van der Waals surface area contributed by atoms with Gasteiger partial charge >= 0.3 is 0 Å². The molecule has 0 radical (unpaired) electrons. The third-order valence-electron chi connectivity index (χ3n) is 4.83. The van der Waals surface area contributed by atoms with Crippen molar-refractivity contribution in [2.45, 2.75) is 20.0 Å². The summed E-state index contributed by atoms with van der Waals surface area (Å²) in [6.45, 7) is 8.44. The summed E-state index contributed by atoms with van der Waals surface area (Å²) in [6.07, 6.45) is 0. The monoisotopic (exact) mass is 340 g/mol. The van der Waals surface area contributed by atoms with Crippen LogP contribution >= 0.6 is 0 Å². The molecule has 0 atom stereocenters. The predicted molar refractivity (Wildman–Crippen MR) is 101 cm³/mol. The number of hydrogen-bond donors (Lipinski definition) is 0. The smallest absolute Gasteiger partial charge is 0.165 e. The molecule has 0 N–H and O–H groups in total. The van der Waals surface area contributed by atoms with Gasteiger partial charge in [0.05, 0.1) is 14.2 Å². The van der Waals surface area contributed by atoms with Gasteiger partial charge in [-0.3, -0.25) is 9.80 Å². The number of hydrogen-bond acceptors (Lipinski definition) is 4. The fourth-order valence-corrected chi connectivity index (χ4v) is 3.49. The Morgan fingerprint density at radius 3 is 2.16 bits per heavy atom. The number of nitrogens with zero attached hydrogens (tertiary/aromatic N) is 2. The van der Waals surface area contributed by atoms with Gasteiger partial charge < -0.3 is 9.47 Å². The summed E-state index contributed by atoms with van der Waals surface area (Å²) >= 11 is 0. The zero-order valence-electron chi connectivity index (χ0n) is 15.5. The number of methoxy groups -OCH3 is 2. The highest BCUT2D eigenvalue weighted by molar-refractivity contribution is 5.46. The molecular weight excluding hydrogens is 312 g/mol. The molecule has 4 nitrogen and oxygen atoms in total. The maximum atomic E-state index is 5.56. The fourth-order valence-electron chi connectivity index (χ4n) is 3.49. The molecule has 2 aromatic rings. The maximum absolute atomic E-state index is 5.56. The minimum atomic E-state index is 0.804. The summed E-state index contributed by atoms with van der Waals surface area (Å²) in [5.41, 5.74) is 3.93. The minimum Gasteiger partial charge on any atom is -0.493 e. The molecular formula is C21H28N2O2. The second-order valence-electron chi connectivity index (χ2n) is 6.69. The molecule has 134 valence electrons. The summed E-state index contributed by atoms with van der Waals surface area (Å²) in [5, 5.41) is 0. The largest absolute Gasteiger partial charge is 0.493 e. The lowest BCUT2D eigenvalue weighted by molar-refractivity contribution is 0.121. The van der Waals surface area contributed by atoms with Crippen molar-refractivity contribution in [3.8, 4) is 11.5 Å². The van der Waals surface area contributed by atoms with E-state index in [0.29, 0.717) is 0 Å². The highest BCUT2D eigenvalue weighted by Gasteiger charge is 2.19. The molecule has 0 unspecified atom stereocenters. The number of para-hydroxylation sites is 1. The zero-order chi connectivity index (χ0) is 17.6. The van der Waals surface area contributed by atoms with Crippen molar-refractivity contribution in [3.63, 3.8) is 0 Å². The van der Waals surface area contributed by atoms with Gasteiger partial charge in [0.25, 0.3) is 0 Å². The Bertz CT molecular complexity index is 694. The van der Waals surface area contributed by atoms with Gasteiger partial charge in [-0.25, -0.2) is 0 Å². The summed E-state index contributed by atoms with van der Waals surface area (Å²) < 4.78 is 11.0. The fraction of sp³-hybridized carbons (Fsp3) is 0.429. The second-order valence-corrected chi connectivity index (χ2v) is 6.69. The number of piperazine rings is 1. The molecule has 1 saturated heterocycles. The van der Waals surface area contributed by atoms with E-state index < -0.39 is 0 Å². The van der Waals surface area contributed by atoms with Gasteiger partial charge in [0.2, 0.25) is 0 Å². The van der Waals surface area contributed by atoms with E-state index in [1.54, 1.807) is 14.2 Å². The zero-order valence-corrected chi connectivity index (χ0v) is 15.5. The van der Waals surface area contributed by atoms with Crippen LogP contribution in [0.15, 0.2) is 42.5 Å². The van der Waals surface area contributed by atoms with Crippen molar-refractivity contribution in [2.75, 3.05) is 40.4 Å². The Morgan fingerprint density at radius 2 is 1.52 bits per heavy atom. The van der Waals surface area contributed by atoms with Crippen molar-refractivity contribution < 1.29 is 9.47 Å². The Balaban J connectivity index is 1.56. The van der Waals surface area contributed by atoms with Crippen LogP contribution in [0.1, 0.15) is 16.7 Å². The van der Waals surface area contributed by atoms with Crippen molar-refractivity contribution in [1.82, 2.24) is 9.80 Å². The number of aryl methyl sites for hydroxylation is 1. The van der Waals surface area contributed by atoms with Crippen LogP contribution in [-0.2, 0) is 13.1 Å². The lowest BCUT2D eigenvalue weighted by Gasteiger charge is -2.35. The molecule has 2 aromatic carbocycles. The van der Waals surface area contributed by atoms with Crippen molar-refractivity contribution in [2.24, 2.45) is 0 Å². The van der Waals surface area contributed by atoms with E-state index in [2.05, 4.69) is 47.1 Å². The van der Waals surface area contributed by atoms with Crippen LogP contribution in [0, 0.1) is 6.92 Å². The van der Waals surface area contributed by atoms with E-state index in [0.717, 1.165) is 50.8 Å². The van der Waals surface area contributed by atoms with Crippen LogP contribution in [-0.4, -0.2) is 50.2 Å². The molecule has 0 aliphatic carbocycles. The van der Waals surface area contributed by atoms with Gasteiger partial charge in [-0.15, -0.1) is 0 Å². The quantitative estimate of drug-likeness (QED) is 0.805. The number of rotatable bonds is 6. The Labute approximate surface area is 151 Å². The summed E-state index contributed by atoms with van der Waals surface area (Å²) in [6, 6.07) is 14.9. The van der Waals surface area contributed by atoms with Gasteiger partial charge in [-0.05, 0) is 18.6 Å². The average Bonchev–Trinajstić information content (AvgIpc) is 2.63. The topological polar surface area (TPSA) is 24.9 Å². The van der Waals surface area contributed by atoms with E-state index in [9.17, 15) is 0 Å². The van der Waals surface area contributed by atoms with Crippen LogP contribution in [0.5, 0.6) is 11.5 Å². The Kier molecular flexibility index (Phi) is 5.95. The summed E-state index contributed by atoms with van der Waals surface area (Å²) in [4.78, 5) is 5.03. The highest BCUT2D eigenvalue weighted by atomic mass is 16.5. The molecule has 0 spiro atoms. The number of ether oxygens (including phenoxy) is 2. The highest BCUT2D eigenvalue weighted by Crippen LogP contribution is 2.31. The van der Waals surface area contributed by atoms with E-state index in [4.69, 9.17) is 9.47 Å². The molecule has 0 saturated carbocycles. The first-order valence-corrected chi connectivity index (χ1v) is 8.89. The molecule has 25 heavy (non-hydrogen) atoms. The van der Waals surface area contributed by atoms with Gasteiger partial charge in [0.1, 0.15) is 0 Å². The maximum Gasteiger partial charge on any atom is 0.165 e. The third kappa shape index (κ3) is 4.53. The van der Waals surface area contributed by atoms with Crippen LogP contribution in [0.4, 0.5) is 0 Å². The summed E-state index contributed by atoms with van der Waals surface area (Å²) in [7, 11) is 3.40. The van der Waals surface area contributed by atoms with Crippen LogP contribution in [0.2, 0.25) is 0 Å². The van der Waals surface area contributed by atoms with Crippen LogP contribution in [0.25, 0.3) is 0 Å². The van der Waals surface area contributed by atoms with Gasteiger partial charge in [-0.2, -0.15) is 0 Å². The number of benzene rings is 2.